The van der Waals surface area contributed by atoms with E-state index in [0.717, 1.165) is 139 Å². The van der Waals surface area contributed by atoms with Crippen LogP contribution >= 0.6 is 11.3 Å². The fourth-order valence-electron chi connectivity index (χ4n) is 16.4. The number of para-hydroxylation sites is 5. The highest BCUT2D eigenvalue weighted by molar-refractivity contribution is 7.33. The maximum atomic E-state index is 7.67. The van der Waals surface area contributed by atoms with Gasteiger partial charge in [0.05, 0.1) is 5.69 Å². The fraction of sp³-hybridized carbons (Fsp3) is 0.195. The molecule has 2 aliphatic carbocycles. The highest BCUT2D eigenvalue weighted by Crippen LogP contribution is 2.53. The van der Waals surface area contributed by atoms with Crippen LogP contribution in [0.15, 0.2) is 231 Å². The highest BCUT2D eigenvalue weighted by Gasteiger charge is 2.50. The lowest BCUT2D eigenvalue weighted by molar-refractivity contribution is 0.332. The van der Waals surface area contributed by atoms with Gasteiger partial charge >= 0.3 is 0 Å². The Balaban J connectivity index is 0.869. The van der Waals surface area contributed by atoms with E-state index in [9.17, 15) is 0 Å². The number of hydrogen-bond acceptors (Lipinski definition) is 9. The van der Waals surface area contributed by atoms with Crippen molar-refractivity contribution in [2.75, 3.05) is 19.6 Å². The third kappa shape index (κ3) is 8.58. The van der Waals surface area contributed by atoms with Crippen LogP contribution in [-0.4, -0.2) is 23.4 Å². The fourth-order valence-corrected chi connectivity index (χ4v) is 17.7. The Morgan fingerprint density at radius 3 is 1.38 bits per heavy atom. The second-order valence-corrected chi connectivity index (χ2v) is 30.1. The molecule has 7 heterocycles. The van der Waals surface area contributed by atoms with Gasteiger partial charge in [0.1, 0.15) is 46.3 Å². The third-order valence-corrected chi connectivity index (χ3v) is 22.7. The van der Waals surface area contributed by atoms with Gasteiger partial charge in [-0.2, -0.15) is 0 Å². The first-order valence-corrected chi connectivity index (χ1v) is 33.8. The van der Waals surface area contributed by atoms with E-state index in [4.69, 9.17) is 19.4 Å². The smallest absolute Gasteiger partial charge is 0.271 e. The van der Waals surface area contributed by atoms with E-state index >= 15 is 0 Å². The maximum Gasteiger partial charge on any atom is 0.271 e. The molecule has 0 unspecified atom stereocenters. The Hall–Kier alpha value is -9.83. The molecule has 8 nitrogen and oxygen atoms in total. The molecule has 0 amide bonds. The molecule has 0 N–H and O–H groups in total. The van der Waals surface area contributed by atoms with E-state index in [-0.39, 0.29) is 35.1 Å². The van der Waals surface area contributed by atoms with Crippen LogP contribution < -0.4 is 61.2 Å². The van der Waals surface area contributed by atoms with Crippen molar-refractivity contribution in [1.29, 1.82) is 0 Å². The number of benzene rings is 9. The lowest BCUT2D eigenvalue weighted by Gasteiger charge is -2.43. The summed E-state index contributed by atoms with van der Waals surface area (Å²) in [5.74, 6) is 6.23. The second kappa shape index (κ2) is 20.3. The number of nitrogens with zero attached hydrogens (tertiary/aromatic N) is 6. The van der Waals surface area contributed by atoms with Gasteiger partial charge in [0.25, 0.3) is 13.4 Å². The molecule has 0 radical (unpaired) electrons. The average molecular weight is 1230 g/mol. The summed E-state index contributed by atoms with van der Waals surface area (Å²) in [6.45, 7) is 18.7. The van der Waals surface area contributed by atoms with Crippen LogP contribution in [0.4, 0.5) is 68.8 Å². The minimum absolute atomic E-state index is 0.0109. The molecule has 9 aromatic carbocycles. The van der Waals surface area contributed by atoms with Crippen molar-refractivity contribution in [3.05, 3.63) is 253 Å². The molecule has 3 aromatic heterocycles. The number of thiophene rings is 1. The predicted octanol–water partition coefficient (Wildman–Crippen LogP) is 18.1. The van der Waals surface area contributed by atoms with Crippen LogP contribution in [0.25, 0.3) is 10.1 Å². The summed E-state index contributed by atoms with van der Waals surface area (Å²) in [7, 11) is 0. The largest absolute Gasteiger partial charge is 0.458 e. The van der Waals surface area contributed by atoms with E-state index in [1.54, 1.807) is 0 Å². The van der Waals surface area contributed by atoms with Gasteiger partial charge in [0, 0.05) is 83.8 Å². The molecule has 0 saturated carbocycles. The van der Waals surface area contributed by atoms with Crippen molar-refractivity contribution in [2.45, 2.75) is 103 Å². The van der Waals surface area contributed by atoms with Crippen molar-refractivity contribution < 1.29 is 9.47 Å². The van der Waals surface area contributed by atoms with Crippen molar-refractivity contribution >= 4 is 136 Å². The highest BCUT2D eigenvalue weighted by atomic mass is 32.1. The van der Waals surface area contributed by atoms with Gasteiger partial charge in [-0.3, -0.25) is 19.6 Å². The molecule has 0 atom stereocenters. The molecule has 0 spiro atoms. The molecule has 12 aromatic rings. The van der Waals surface area contributed by atoms with Crippen LogP contribution in [0.2, 0.25) is 0 Å². The molecular weight excluding hydrogens is 1150 g/mol. The van der Waals surface area contributed by atoms with Crippen molar-refractivity contribution in [1.82, 2.24) is 9.97 Å². The SMILES string of the molecule is CC1(C)CCC(C)(C)c2cc(N(c3ccccc3)c3cc4c5c(n3)N(c3ccccc3)c3ccccc3B5c3cc5c(cc3O4)Oc3cc(N(c4ccccc4)c4ccc6c(c4)C(C)(C)CCC6(C)C)nc4c3B5c3sc5ccccc5c3N4c3ccccc3)ccc21. The van der Waals surface area contributed by atoms with Crippen molar-refractivity contribution in [3.63, 3.8) is 0 Å². The van der Waals surface area contributed by atoms with E-state index in [1.807, 2.05) is 11.3 Å². The molecule has 18 rings (SSSR count). The van der Waals surface area contributed by atoms with Gasteiger partial charge in [-0.25, -0.2) is 9.97 Å². The first-order valence-electron chi connectivity index (χ1n) is 33.0. The standard InChI is InChI=1S/C82H70B2N6O2S/c1-79(2)41-43-81(5,6)60-45-55(37-39-58(60)79)87(51-25-13-9-14-26-51)71-49-68-73-77(85-71)89(53-29-17-11-18-30-53)65-35-23-22-34-62(65)83(73)63-47-64-67(48-66(63)91-68)92-69-50-72(88(52-27-15-10-16-28-52)56-38-40-59-61(46-56)82(7,8)44-42-80(59,3)4)86-78-74(69)84(64)76-75(57-33-21-24-36-70(57)93-76)90(78)54-31-19-12-20-32-54/h9-40,45-50H,41-44H2,1-8H3. The number of hydrogen-bond donors (Lipinski definition) is 0. The van der Waals surface area contributed by atoms with Crippen LogP contribution in [0.3, 0.4) is 0 Å². The summed E-state index contributed by atoms with van der Waals surface area (Å²) < 4.78 is 17.8. The lowest BCUT2D eigenvalue weighted by atomic mass is 9.32. The van der Waals surface area contributed by atoms with Crippen LogP contribution in [0, 0.1) is 0 Å². The number of ether oxygens (including phenoxy) is 2. The minimum atomic E-state index is -0.252. The number of fused-ring (bicyclic) bond motifs is 12. The normalized spacial score (nSPS) is 16.6. The second-order valence-electron chi connectivity index (χ2n) is 29.0. The Morgan fingerprint density at radius 1 is 0.387 bits per heavy atom. The van der Waals surface area contributed by atoms with Crippen molar-refractivity contribution in [2.24, 2.45) is 0 Å². The zero-order chi connectivity index (χ0) is 62.9. The molecule has 11 heteroatoms. The summed E-state index contributed by atoms with van der Waals surface area (Å²) in [6.07, 6.45) is 4.50. The summed E-state index contributed by atoms with van der Waals surface area (Å²) in [5.41, 5.74) is 19.5. The van der Waals surface area contributed by atoms with E-state index in [1.165, 1.54) is 42.6 Å². The average Bonchev–Trinajstić information content (AvgIpc) is 1.65. The zero-order valence-electron chi connectivity index (χ0n) is 53.8. The summed E-state index contributed by atoms with van der Waals surface area (Å²) in [6, 6.07) is 84.0. The molecule has 0 saturated heterocycles. The lowest BCUT2D eigenvalue weighted by Crippen LogP contribution is -2.63. The number of rotatable bonds is 8. The van der Waals surface area contributed by atoms with Crippen molar-refractivity contribution in [3.8, 4) is 23.0 Å². The van der Waals surface area contributed by atoms with E-state index < -0.39 is 0 Å². The monoisotopic (exact) mass is 1220 g/mol. The third-order valence-electron chi connectivity index (χ3n) is 21.5. The first-order chi connectivity index (χ1) is 45.1. The minimum Gasteiger partial charge on any atom is -0.458 e. The molecule has 0 fully saturated rings. The van der Waals surface area contributed by atoms with Gasteiger partial charge < -0.3 is 9.47 Å². The summed E-state index contributed by atoms with van der Waals surface area (Å²) in [4.78, 5) is 21.4. The molecule has 0 bridgehead atoms. The summed E-state index contributed by atoms with van der Waals surface area (Å²) >= 11 is 1.87. The molecule has 6 aliphatic rings. The molecule has 4 aliphatic heterocycles. The van der Waals surface area contributed by atoms with E-state index in [2.05, 4.69) is 306 Å². The quantitative estimate of drug-likeness (QED) is 0.140. The van der Waals surface area contributed by atoms with Crippen LogP contribution in [-0.2, 0) is 21.7 Å². The van der Waals surface area contributed by atoms with Gasteiger partial charge in [-0.05, 0) is 171 Å². The van der Waals surface area contributed by atoms with Gasteiger partial charge in [-0.1, -0.05) is 183 Å². The molecule has 93 heavy (non-hydrogen) atoms. The van der Waals surface area contributed by atoms with E-state index in [0.29, 0.717) is 0 Å². The Labute approximate surface area is 549 Å². The van der Waals surface area contributed by atoms with Gasteiger partial charge in [0.2, 0.25) is 0 Å². The van der Waals surface area contributed by atoms with Gasteiger partial charge in [-0.15, -0.1) is 11.3 Å². The van der Waals surface area contributed by atoms with Crippen LogP contribution in [0.5, 0.6) is 23.0 Å². The molecular formula is C82H70B2N6O2S. The Kier molecular flexibility index (Phi) is 12.2. The Morgan fingerprint density at radius 2 is 0.828 bits per heavy atom. The predicted molar refractivity (Wildman–Crippen MR) is 389 cm³/mol. The Bertz CT molecular complexity index is 5050. The number of aromatic nitrogens is 2. The maximum absolute atomic E-state index is 7.67. The molecule has 452 valence electrons. The topological polar surface area (TPSA) is 57.2 Å². The number of anilines is 12. The first kappa shape index (κ1) is 56.0. The number of pyridine rings is 2. The van der Waals surface area contributed by atoms with Gasteiger partial charge in [0.15, 0.2) is 0 Å². The summed E-state index contributed by atoms with van der Waals surface area (Å²) in [5, 5.41) is 1.18. The van der Waals surface area contributed by atoms with Crippen LogP contribution in [0.1, 0.15) is 103 Å². The zero-order valence-corrected chi connectivity index (χ0v) is 54.6.